The summed E-state index contributed by atoms with van der Waals surface area (Å²) in [6.07, 6.45) is -0.723. The number of aliphatic hydroxyl groups is 1. The fourth-order valence-corrected chi connectivity index (χ4v) is 2.88. The van der Waals surface area contributed by atoms with Crippen molar-refractivity contribution >= 4 is 0 Å². The van der Waals surface area contributed by atoms with Gasteiger partial charge in [0.25, 0.3) is 0 Å². The molecular formula is C13H17FN2O. The fourth-order valence-electron chi connectivity index (χ4n) is 2.88. The zero-order chi connectivity index (χ0) is 11.8. The van der Waals surface area contributed by atoms with E-state index in [-0.39, 0.29) is 11.9 Å². The van der Waals surface area contributed by atoms with Gasteiger partial charge in [0.05, 0.1) is 12.1 Å². The Labute approximate surface area is 100 Å². The van der Waals surface area contributed by atoms with Gasteiger partial charge in [0.15, 0.2) is 0 Å². The Hall–Kier alpha value is -0.970. The molecule has 0 saturated carbocycles. The van der Waals surface area contributed by atoms with Gasteiger partial charge in [-0.3, -0.25) is 9.80 Å². The number of nitrogens with zero attached hydrogens (tertiary/aromatic N) is 2. The van der Waals surface area contributed by atoms with Crippen molar-refractivity contribution in [3.8, 4) is 0 Å². The first-order valence-electron chi connectivity index (χ1n) is 6.14. The summed E-state index contributed by atoms with van der Waals surface area (Å²) < 4.78 is 13.6. The van der Waals surface area contributed by atoms with Gasteiger partial charge in [0.1, 0.15) is 5.82 Å². The van der Waals surface area contributed by atoms with Crippen molar-refractivity contribution in [3.05, 3.63) is 35.6 Å². The van der Waals surface area contributed by atoms with Gasteiger partial charge < -0.3 is 5.11 Å². The highest BCUT2D eigenvalue weighted by Crippen LogP contribution is 2.28. The molecule has 2 unspecified atom stereocenters. The van der Waals surface area contributed by atoms with E-state index in [0.717, 1.165) is 32.7 Å². The molecule has 3 fully saturated rings. The summed E-state index contributed by atoms with van der Waals surface area (Å²) in [4.78, 5) is 4.62. The minimum absolute atomic E-state index is 0.0365. The lowest BCUT2D eigenvalue weighted by molar-refractivity contribution is -0.0479. The van der Waals surface area contributed by atoms with Gasteiger partial charge in [-0.25, -0.2) is 4.39 Å². The van der Waals surface area contributed by atoms with E-state index in [1.165, 1.54) is 6.07 Å². The van der Waals surface area contributed by atoms with Gasteiger partial charge >= 0.3 is 0 Å². The molecule has 3 saturated heterocycles. The summed E-state index contributed by atoms with van der Waals surface area (Å²) in [5, 5.41) is 10.3. The largest absolute Gasteiger partial charge is 0.387 e. The zero-order valence-corrected chi connectivity index (χ0v) is 9.72. The molecule has 1 aromatic carbocycles. The van der Waals surface area contributed by atoms with Gasteiger partial charge in [0.2, 0.25) is 0 Å². The molecule has 1 N–H and O–H groups in total. The lowest BCUT2D eigenvalue weighted by Gasteiger charge is -2.49. The van der Waals surface area contributed by atoms with Crippen LogP contribution in [0.3, 0.4) is 0 Å². The van der Waals surface area contributed by atoms with Crippen molar-refractivity contribution in [2.24, 2.45) is 0 Å². The molecule has 3 aliphatic heterocycles. The fraction of sp³-hybridized carbons (Fsp3) is 0.538. The lowest BCUT2D eigenvalue weighted by atomic mass is 9.96. The highest BCUT2D eigenvalue weighted by molar-refractivity contribution is 5.22. The summed E-state index contributed by atoms with van der Waals surface area (Å²) in [7, 11) is 0. The third kappa shape index (κ3) is 1.97. The van der Waals surface area contributed by atoms with Crippen LogP contribution in [0.15, 0.2) is 24.3 Å². The van der Waals surface area contributed by atoms with Crippen molar-refractivity contribution in [3.63, 3.8) is 0 Å². The van der Waals surface area contributed by atoms with Crippen molar-refractivity contribution in [1.29, 1.82) is 0 Å². The third-order valence-corrected chi connectivity index (χ3v) is 3.91. The van der Waals surface area contributed by atoms with Crippen LogP contribution in [0.1, 0.15) is 11.7 Å². The maximum Gasteiger partial charge on any atom is 0.129 e. The van der Waals surface area contributed by atoms with E-state index in [4.69, 9.17) is 0 Å². The SMILES string of the molecule is OC(c1ccccc1F)C1CN2CCN1CC2. The van der Waals surface area contributed by atoms with E-state index in [0.29, 0.717) is 5.56 Å². The van der Waals surface area contributed by atoms with Crippen LogP contribution < -0.4 is 0 Å². The smallest absolute Gasteiger partial charge is 0.129 e. The summed E-state index contributed by atoms with van der Waals surface area (Å²) in [6, 6.07) is 6.56. The summed E-state index contributed by atoms with van der Waals surface area (Å²) in [5.41, 5.74) is 0.422. The second-order valence-corrected chi connectivity index (χ2v) is 4.87. The van der Waals surface area contributed by atoms with E-state index < -0.39 is 6.10 Å². The molecule has 4 heteroatoms. The summed E-state index contributed by atoms with van der Waals surface area (Å²) >= 11 is 0. The van der Waals surface area contributed by atoms with Crippen LogP contribution in [0.25, 0.3) is 0 Å². The summed E-state index contributed by atoms with van der Waals surface area (Å²) in [5.74, 6) is -0.308. The Balaban J connectivity index is 1.83. The predicted octanol–water partition coefficient (Wildman–Crippen LogP) is 0.859. The maximum atomic E-state index is 13.6. The normalized spacial score (nSPS) is 33.6. The number of benzene rings is 1. The quantitative estimate of drug-likeness (QED) is 0.825. The molecule has 0 spiro atoms. The second kappa shape index (κ2) is 4.37. The Morgan fingerprint density at radius 2 is 1.88 bits per heavy atom. The van der Waals surface area contributed by atoms with Gasteiger partial charge in [-0.2, -0.15) is 0 Å². The molecular weight excluding hydrogens is 219 g/mol. The maximum absolute atomic E-state index is 13.6. The van der Waals surface area contributed by atoms with Gasteiger partial charge in [-0.05, 0) is 6.07 Å². The van der Waals surface area contributed by atoms with Crippen molar-refractivity contribution < 1.29 is 9.50 Å². The molecule has 4 rings (SSSR count). The van der Waals surface area contributed by atoms with Crippen LogP contribution in [0, 0.1) is 5.82 Å². The lowest BCUT2D eigenvalue weighted by Crippen LogP contribution is -2.62. The van der Waals surface area contributed by atoms with Gasteiger partial charge in [-0.1, -0.05) is 18.2 Å². The average Bonchev–Trinajstić information content (AvgIpc) is 2.40. The average molecular weight is 236 g/mol. The van der Waals surface area contributed by atoms with Crippen molar-refractivity contribution in [2.75, 3.05) is 32.7 Å². The number of fused-ring (bicyclic) bond motifs is 3. The van der Waals surface area contributed by atoms with Gasteiger partial charge in [-0.15, -0.1) is 0 Å². The van der Waals surface area contributed by atoms with E-state index in [9.17, 15) is 9.50 Å². The summed E-state index contributed by atoms with van der Waals surface area (Å²) in [6.45, 7) is 4.95. The Morgan fingerprint density at radius 1 is 1.18 bits per heavy atom. The molecule has 2 atom stereocenters. The van der Waals surface area contributed by atoms with Crippen molar-refractivity contribution in [1.82, 2.24) is 9.80 Å². The van der Waals surface area contributed by atoms with Crippen LogP contribution in [-0.4, -0.2) is 53.7 Å². The van der Waals surface area contributed by atoms with Crippen LogP contribution >= 0.6 is 0 Å². The monoisotopic (exact) mass is 236 g/mol. The molecule has 3 nitrogen and oxygen atoms in total. The highest BCUT2D eigenvalue weighted by atomic mass is 19.1. The molecule has 0 aliphatic carbocycles. The van der Waals surface area contributed by atoms with Crippen LogP contribution in [0.5, 0.6) is 0 Å². The first kappa shape index (κ1) is 11.1. The molecule has 1 aromatic rings. The number of hydrogen-bond acceptors (Lipinski definition) is 3. The predicted molar refractivity (Wildman–Crippen MR) is 63.2 cm³/mol. The number of aliphatic hydroxyl groups excluding tert-OH is 1. The van der Waals surface area contributed by atoms with E-state index in [1.807, 2.05) is 0 Å². The molecule has 0 aromatic heterocycles. The zero-order valence-electron chi connectivity index (χ0n) is 9.72. The standard InChI is InChI=1S/C13H17FN2O/c14-11-4-2-1-3-10(11)13(17)12-9-15-5-7-16(12)8-6-15/h1-4,12-13,17H,5-9H2. The molecule has 0 radical (unpaired) electrons. The van der Waals surface area contributed by atoms with Crippen LogP contribution in [0.2, 0.25) is 0 Å². The number of rotatable bonds is 2. The number of halogens is 1. The first-order chi connectivity index (χ1) is 8.25. The number of hydrogen-bond donors (Lipinski definition) is 1. The minimum Gasteiger partial charge on any atom is -0.387 e. The van der Waals surface area contributed by atoms with Crippen LogP contribution in [-0.2, 0) is 0 Å². The Kier molecular flexibility index (Phi) is 2.86. The highest BCUT2D eigenvalue weighted by Gasteiger charge is 2.37. The molecule has 17 heavy (non-hydrogen) atoms. The second-order valence-electron chi connectivity index (χ2n) is 4.87. The minimum atomic E-state index is -0.723. The van der Waals surface area contributed by atoms with Gasteiger partial charge in [0, 0.05) is 38.3 Å². The Morgan fingerprint density at radius 3 is 2.47 bits per heavy atom. The molecule has 0 amide bonds. The van der Waals surface area contributed by atoms with Crippen molar-refractivity contribution in [2.45, 2.75) is 12.1 Å². The third-order valence-electron chi connectivity index (χ3n) is 3.91. The first-order valence-corrected chi connectivity index (χ1v) is 6.14. The Bertz CT molecular complexity index is 404. The van der Waals surface area contributed by atoms with Crippen LogP contribution in [0.4, 0.5) is 4.39 Å². The number of piperazine rings is 3. The van der Waals surface area contributed by atoms with E-state index >= 15 is 0 Å². The van der Waals surface area contributed by atoms with E-state index in [2.05, 4.69) is 9.80 Å². The molecule has 3 aliphatic rings. The molecule has 2 bridgehead atoms. The van der Waals surface area contributed by atoms with E-state index in [1.54, 1.807) is 18.2 Å². The molecule has 92 valence electrons. The molecule has 3 heterocycles. The topological polar surface area (TPSA) is 26.7 Å².